The predicted molar refractivity (Wildman–Crippen MR) is 110 cm³/mol. The van der Waals surface area contributed by atoms with Crippen molar-refractivity contribution in [3.63, 3.8) is 0 Å². The first-order chi connectivity index (χ1) is 12.6. The Morgan fingerprint density at radius 2 is 1.65 bits per heavy atom. The van der Waals surface area contributed by atoms with Crippen LogP contribution in [0.4, 0.5) is 0 Å². The van der Waals surface area contributed by atoms with Crippen molar-refractivity contribution in [2.75, 3.05) is 13.1 Å². The summed E-state index contributed by atoms with van der Waals surface area (Å²) in [6.07, 6.45) is 7.65. The van der Waals surface area contributed by atoms with Crippen LogP contribution in [0.15, 0.2) is 53.6 Å². The number of likely N-dealkylation sites (N-methyl/N-ethyl adjacent to an activating group) is 1. The number of benzene rings is 1. The van der Waals surface area contributed by atoms with Gasteiger partial charge in [-0.1, -0.05) is 68.7 Å². The molecule has 0 aliphatic carbocycles. The molecule has 1 unspecified atom stereocenters. The molecule has 3 heteroatoms. The first kappa shape index (κ1) is 22.2. The number of carbonyl (C=O) groups is 1. The molecule has 0 spiro atoms. The Morgan fingerprint density at radius 3 is 2.19 bits per heavy atom. The van der Waals surface area contributed by atoms with Crippen molar-refractivity contribution in [3.8, 4) is 0 Å². The number of allylic oxidation sites excluding steroid dienone is 2. The van der Waals surface area contributed by atoms with Crippen LogP contribution in [0.25, 0.3) is 0 Å². The van der Waals surface area contributed by atoms with E-state index >= 15 is 0 Å². The molecule has 1 aromatic rings. The number of aliphatic hydroxyl groups is 1. The van der Waals surface area contributed by atoms with Gasteiger partial charge in [0, 0.05) is 13.1 Å². The molecule has 0 heterocycles. The number of rotatable bonds is 11. The summed E-state index contributed by atoms with van der Waals surface area (Å²) in [5.41, 5.74) is 3.31. The fourth-order valence-corrected chi connectivity index (χ4v) is 3.25. The van der Waals surface area contributed by atoms with Crippen molar-refractivity contribution in [3.05, 3.63) is 59.2 Å². The number of amides is 1. The molecule has 0 aliphatic rings. The van der Waals surface area contributed by atoms with Crippen LogP contribution in [0.3, 0.4) is 0 Å². The van der Waals surface area contributed by atoms with Gasteiger partial charge in [-0.15, -0.1) is 0 Å². The van der Waals surface area contributed by atoms with Crippen molar-refractivity contribution in [2.45, 2.75) is 65.9 Å². The lowest BCUT2D eigenvalue weighted by atomic mass is 9.90. The van der Waals surface area contributed by atoms with Crippen molar-refractivity contribution >= 4 is 5.91 Å². The van der Waals surface area contributed by atoms with Gasteiger partial charge in [0.15, 0.2) is 0 Å². The summed E-state index contributed by atoms with van der Waals surface area (Å²) >= 11 is 0. The van der Waals surface area contributed by atoms with Crippen molar-refractivity contribution < 1.29 is 9.90 Å². The molecule has 0 saturated heterocycles. The van der Waals surface area contributed by atoms with Gasteiger partial charge in [0.25, 0.3) is 0 Å². The highest BCUT2D eigenvalue weighted by molar-refractivity contribution is 5.87. The standard InChI is InChI=1S/C23H35NO2/c1-5-13-19(17-12-18-22(25)24(7-3)8-4)21(14-6-2)23(26)20-15-10-9-11-16-20/h9-12,15-16,18,23,26H,5-8,13-14,17H2,1-4H3/b18-12+,21-19-. The number of nitrogens with zero attached hydrogens (tertiary/aromatic N) is 1. The fourth-order valence-electron chi connectivity index (χ4n) is 3.25. The zero-order valence-electron chi connectivity index (χ0n) is 16.9. The topological polar surface area (TPSA) is 40.5 Å². The second-order valence-electron chi connectivity index (χ2n) is 6.56. The number of hydrogen-bond acceptors (Lipinski definition) is 2. The SMILES string of the molecule is CCC/C(C/C=C/C(=O)N(CC)CC)=C(\CCC)C(O)c1ccccc1. The van der Waals surface area contributed by atoms with Crippen LogP contribution < -0.4 is 0 Å². The normalized spacial score (nSPS) is 13.6. The predicted octanol–water partition coefficient (Wildman–Crippen LogP) is 5.43. The van der Waals surface area contributed by atoms with Crippen molar-refractivity contribution in [1.82, 2.24) is 4.90 Å². The van der Waals surface area contributed by atoms with E-state index < -0.39 is 6.10 Å². The van der Waals surface area contributed by atoms with E-state index in [1.54, 1.807) is 6.08 Å². The molecule has 0 aromatic heterocycles. The molecule has 1 N–H and O–H groups in total. The highest BCUT2D eigenvalue weighted by Crippen LogP contribution is 2.31. The van der Waals surface area contributed by atoms with Crippen LogP contribution in [0.2, 0.25) is 0 Å². The van der Waals surface area contributed by atoms with Crippen molar-refractivity contribution in [2.24, 2.45) is 0 Å². The minimum absolute atomic E-state index is 0.0616. The van der Waals surface area contributed by atoms with Crippen LogP contribution >= 0.6 is 0 Å². The molecule has 0 radical (unpaired) electrons. The summed E-state index contributed by atoms with van der Waals surface area (Å²) in [7, 11) is 0. The van der Waals surface area contributed by atoms with Crippen LogP contribution in [-0.2, 0) is 4.79 Å². The molecule has 1 aromatic carbocycles. The highest BCUT2D eigenvalue weighted by Gasteiger charge is 2.16. The second kappa shape index (κ2) is 12.5. The van der Waals surface area contributed by atoms with Gasteiger partial charge in [0.2, 0.25) is 5.91 Å². The number of hydrogen-bond donors (Lipinski definition) is 1. The minimum Gasteiger partial charge on any atom is -0.384 e. The Hall–Kier alpha value is -1.87. The molecule has 0 aliphatic heterocycles. The summed E-state index contributed by atoms with van der Waals surface area (Å²) in [5.74, 6) is 0.0616. The lowest BCUT2D eigenvalue weighted by Crippen LogP contribution is -2.28. The maximum Gasteiger partial charge on any atom is 0.246 e. The molecule has 0 saturated carbocycles. The Labute approximate surface area is 159 Å². The molecule has 1 rings (SSSR count). The first-order valence-electron chi connectivity index (χ1n) is 9.98. The van der Waals surface area contributed by atoms with E-state index in [4.69, 9.17) is 0 Å². The van der Waals surface area contributed by atoms with E-state index in [-0.39, 0.29) is 5.91 Å². The van der Waals surface area contributed by atoms with Gasteiger partial charge in [-0.3, -0.25) is 4.79 Å². The largest absolute Gasteiger partial charge is 0.384 e. The van der Waals surface area contributed by atoms with Crippen LogP contribution in [0.5, 0.6) is 0 Å². The Bertz CT molecular complexity index is 585. The van der Waals surface area contributed by atoms with Gasteiger partial charge >= 0.3 is 0 Å². The monoisotopic (exact) mass is 357 g/mol. The van der Waals surface area contributed by atoms with Crippen LogP contribution in [-0.4, -0.2) is 29.0 Å². The third-order valence-corrected chi connectivity index (χ3v) is 4.67. The van der Waals surface area contributed by atoms with Gasteiger partial charge in [-0.2, -0.15) is 0 Å². The summed E-state index contributed by atoms with van der Waals surface area (Å²) in [4.78, 5) is 14.0. The Balaban J connectivity index is 3.04. The highest BCUT2D eigenvalue weighted by atomic mass is 16.3. The third kappa shape index (κ3) is 6.80. The maximum absolute atomic E-state index is 12.2. The smallest absolute Gasteiger partial charge is 0.246 e. The first-order valence-corrected chi connectivity index (χ1v) is 9.98. The number of carbonyl (C=O) groups excluding carboxylic acids is 1. The van der Waals surface area contributed by atoms with E-state index in [0.29, 0.717) is 0 Å². The van der Waals surface area contributed by atoms with E-state index in [0.717, 1.165) is 56.3 Å². The van der Waals surface area contributed by atoms with Gasteiger partial charge in [0.1, 0.15) is 6.10 Å². The number of aliphatic hydroxyl groups excluding tert-OH is 1. The summed E-state index contributed by atoms with van der Waals surface area (Å²) in [6, 6.07) is 9.84. The van der Waals surface area contributed by atoms with Gasteiger partial charge in [-0.25, -0.2) is 0 Å². The quantitative estimate of drug-likeness (QED) is 0.424. The van der Waals surface area contributed by atoms with Gasteiger partial charge in [-0.05, 0) is 50.3 Å². The van der Waals surface area contributed by atoms with E-state index in [1.165, 1.54) is 5.57 Å². The molecular weight excluding hydrogens is 322 g/mol. The third-order valence-electron chi connectivity index (χ3n) is 4.67. The molecule has 26 heavy (non-hydrogen) atoms. The van der Waals surface area contributed by atoms with Crippen LogP contribution in [0.1, 0.15) is 71.5 Å². The van der Waals surface area contributed by atoms with Crippen molar-refractivity contribution in [1.29, 1.82) is 0 Å². The molecule has 3 nitrogen and oxygen atoms in total. The second-order valence-corrected chi connectivity index (χ2v) is 6.56. The molecule has 0 bridgehead atoms. The minimum atomic E-state index is -0.565. The lowest BCUT2D eigenvalue weighted by Gasteiger charge is -2.20. The zero-order chi connectivity index (χ0) is 19.4. The van der Waals surface area contributed by atoms with Gasteiger partial charge in [0.05, 0.1) is 0 Å². The average molecular weight is 358 g/mol. The van der Waals surface area contributed by atoms with Gasteiger partial charge < -0.3 is 10.0 Å². The lowest BCUT2D eigenvalue weighted by molar-refractivity contribution is -0.125. The van der Waals surface area contributed by atoms with E-state index in [9.17, 15) is 9.90 Å². The van der Waals surface area contributed by atoms with Crippen LogP contribution in [0, 0.1) is 0 Å². The molecule has 144 valence electrons. The molecular formula is C23H35NO2. The average Bonchev–Trinajstić information content (AvgIpc) is 2.66. The molecule has 0 fully saturated rings. The fraction of sp³-hybridized carbons (Fsp3) is 0.522. The Morgan fingerprint density at radius 1 is 1.04 bits per heavy atom. The molecule has 1 atom stereocenters. The van der Waals surface area contributed by atoms with E-state index in [2.05, 4.69) is 13.8 Å². The summed E-state index contributed by atoms with van der Waals surface area (Å²) < 4.78 is 0. The Kier molecular flexibility index (Phi) is 10.6. The summed E-state index contributed by atoms with van der Waals surface area (Å²) in [6.45, 7) is 9.74. The summed E-state index contributed by atoms with van der Waals surface area (Å²) in [5, 5.41) is 10.9. The maximum atomic E-state index is 12.2. The van der Waals surface area contributed by atoms with E-state index in [1.807, 2.05) is 55.2 Å². The molecule has 1 amide bonds. The zero-order valence-corrected chi connectivity index (χ0v) is 16.9.